The number of hydrogen-bond acceptors (Lipinski definition) is 8. The minimum Gasteiger partial charge on any atom is -0.483 e. The molecule has 2 aliphatic heterocycles. The van der Waals surface area contributed by atoms with Crippen molar-refractivity contribution < 1.29 is 14.7 Å². The quantitative estimate of drug-likeness (QED) is 0.587. The zero-order valence-electron chi connectivity index (χ0n) is 17.4. The Balaban J connectivity index is 0.000000941. The van der Waals surface area contributed by atoms with Gasteiger partial charge in [0, 0.05) is 26.6 Å². The fraction of sp³-hybridized carbons (Fsp3) is 0.737. The van der Waals surface area contributed by atoms with Crippen LogP contribution in [-0.4, -0.2) is 70.6 Å². The van der Waals surface area contributed by atoms with Crippen LogP contribution in [0.2, 0.25) is 0 Å². The van der Waals surface area contributed by atoms with Crippen LogP contribution in [0.3, 0.4) is 0 Å². The Bertz CT molecular complexity index is 669. The number of fused-ring (bicyclic) bond motifs is 1. The van der Waals surface area contributed by atoms with Crippen LogP contribution in [0, 0.1) is 5.92 Å². The molecular formula is C19H33N7O3. The summed E-state index contributed by atoms with van der Waals surface area (Å²) in [5, 5.41) is 9.81. The summed E-state index contributed by atoms with van der Waals surface area (Å²) < 4.78 is 0. The molecule has 10 nitrogen and oxygen atoms in total. The van der Waals surface area contributed by atoms with Crippen molar-refractivity contribution in [2.45, 2.75) is 57.5 Å². The number of carbonyl (C=O) groups is 2. The minimum atomic E-state index is -0.250. The highest BCUT2D eigenvalue weighted by molar-refractivity contribution is 5.75. The van der Waals surface area contributed by atoms with E-state index in [0.717, 1.165) is 6.42 Å². The number of piperidine rings is 2. The first-order chi connectivity index (χ1) is 13.9. The molecule has 0 bridgehead atoms. The van der Waals surface area contributed by atoms with Crippen molar-refractivity contribution >= 4 is 24.3 Å². The highest BCUT2D eigenvalue weighted by Crippen LogP contribution is 2.33. The molecule has 0 saturated carbocycles. The third-order valence-corrected chi connectivity index (χ3v) is 5.50. The molecule has 0 spiro atoms. The van der Waals surface area contributed by atoms with Crippen LogP contribution in [0.15, 0.2) is 0 Å². The number of nitrogens with two attached hydrogens (primary N) is 1. The molecule has 10 heteroatoms. The predicted octanol–water partition coefficient (Wildman–Crippen LogP) is 0.882. The van der Waals surface area contributed by atoms with Gasteiger partial charge in [-0.2, -0.15) is 15.0 Å². The molecule has 4 N–H and O–H groups in total. The van der Waals surface area contributed by atoms with Gasteiger partial charge in [-0.15, -0.1) is 0 Å². The molecule has 2 saturated heterocycles. The molecule has 3 rings (SSSR count). The van der Waals surface area contributed by atoms with E-state index >= 15 is 0 Å². The topological polar surface area (TPSA) is 138 Å². The number of carboxylic acid groups (broad SMARTS) is 1. The minimum absolute atomic E-state index is 0.0586. The van der Waals surface area contributed by atoms with Gasteiger partial charge in [0.2, 0.25) is 17.8 Å². The number of nitrogens with zero attached hydrogens (tertiary/aromatic N) is 5. The van der Waals surface area contributed by atoms with Crippen LogP contribution in [0.25, 0.3) is 0 Å². The maximum absolute atomic E-state index is 12.3. The van der Waals surface area contributed by atoms with Crippen molar-refractivity contribution in [3.05, 3.63) is 5.82 Å². The average Bonchev–Trinajstić information content (AvgIpc) is 2.71. The van der Waals surface area contributed by atoms with E-state index in [0.29, 0.717) is 30.2 Å². The molecule has 1 aromatic heterocycles. The van der Waals surface area contributed by atoms with Gasteiger partial charge < -0.3 is 26.0 Å². The molecule has 2 atom stereocenters. The van der Waals surface area contributed by atoms with Crippen LogP contribution in [0.5, 0.6) is 0 Å². The first kappa shape index (κ1) is 22.8. The van der Waals surface area contributed by atoms with Crippen molar-refractivity contribution in [2.24, 2.45) is 5.92 Å². The zero-order valence-corrected chi connectivity index (χ0v) is 17.4. The van der Waals surface area contributed by atoms with E-state index in [4.69, 9.17) is 15.6 Å². The maximum atomic E-state index is 12.3. The van der Waals surface area contributed by atoms with Gasteiger partial charge in [-0.05, 0) is 51.1 Å². The fourth-order valence-corrected chi connectivity index (χ4v) is 4.20. The van der Waals surface area contributed by atoms with Gasteiger partial charge in [0.25, 0.3) is 6.47 Å². The lowest BCUT2D eigenvalue weighted by molar-refractivity contribution is -0.123. The van der Waals surface area contributed by atoms with Gasteiger partial charge in [0.15, 0.2) is 5.82 Å². The lowest BCUT2D eigenvalue weighted by Gasteiger charge is -2.44. The number of aromatic nitrogens is 3. The zero-order chi connectivity index (χ0) is 21.2. The largest absolute Gasteiger partial charge is 0.483 e. The van der Waals surface area contributed by atoms with E-state index in [1.807, 2.05) is 14.1 Å². The van der Waals surface area contributed by atoms with Crippen molar-refractivity contribution in [1.82, 2.24) is 25.2 Å². The molecule has 0 aliphatic carbocycles. The van der Waals surface area contributed by atoms with Gasteiger partial charge in [-0.3, -0.25) is 9.59 Å². The molecule has 2 aliphatic rings. The number of carbonyl (C=O) groups excluding carboxylic acids is 1. The Morgan fingerprint density at radius 3 is 2.69 bits per heavy atom. The van der Waals surface area contributed by atoms with Gasteiger partial charge in [-0.25, -0.2) is 0 Å². The molecule has 1 amide bonds. The lowest BCUT2D eigenvalue weighted by Crippen LogP contribution is -2.48. The van der Waals surface area contributed by atoms with Crippen LogP contribution in [-0.2, 0) is 16.1 Å². The second-order valence-corrected chi connectivity index (χ2v) is 7.73. The second-order valence-electron chi connectivity index (χ2n) is 7.73. The Labute approximate surface area is 171 Å². The summed E-state index contributed by atoms with van der Waals surface area (Å²) in [5.41, 5.74) is 5.72. The summed E-state index contributed by atoms with van der Waals surface area (Å²) in [7, 11) is 3.69. The number of anilines is 2. The second kappa shape index (κ2) is 11.5. The van der Waals surface area contributed by atoms with E-state index in [2.05, 4.69) is 25.2 Å². The van der Waals surface area contributed by atoms with Crippen molar-refractivity contribution in [3.8, 4) is 0 Å². The number of amides is 1. The number of rotatable bonds is 6. The van der Waals surface area contributed by atoms with Crippen molar-refractivity contribution in [3.63, 3.8) is 0 Å². The number of hydrogen-bond donors (Lipinski definition) is 3. The van der Waals surface area contributed by atoms with Crippen LogP contribution >= 0.6 is 0 Å². The summed E-state index contributed by atoms with van der Waals surface area (Å²) >= 11 is 0. The van der Waals surface area contributed by atoms with Gasteiger partial charge in [0.05, 0.1) is 6.54 Å². The molecule has 162 valence electrons. The van der Waals surface area contributed by atoms with Gasteiger partial charge in [-0.1, -0.05) is 6.42 Å². The Morgan fingerprint density at radius 1 is 1.24 bits per heavy atom. The third-order valence-electron chi connectivity index (χ3n) is 5.50. The Hall–Kier alpha value is -2.49. The SMILES string of the molecule is CN(C)c1nc(N)nc(CNC(=O)CC[C@@H]2CCCN3CCCC[C@H]23)n1.O=CO. The van der Waals surface area contributed by atoms with Crippen LogP contribution in [0.1, 0.15) is 50.8 Å². The molecular weight excluding hydrogens is 374 g/mol. The number of nitrogens with one attached hydrogen (secondary N) is 1. The summed E-state index contributed by atoms with van der Waals surface area (Å²) in [6, 6.07) is 0.691. The van der Waals surface area contributed by atoms with Gasteiger partial charge >= 0.3 is 0 Å². The van der Waals surface area contributed by atoms with Crippen molar-refractivity contribution in [1.29, 1.82) is 0 Å². The summed E-state index contributed by atoms with van der Waals surface area (Å²) in [6.45, 7) is 2.51. The molecule has 0 aromatic carbocycles. The smallest absolute Gasteiger partial charge is 0.290 e. The van der Waals surface area contributed by atoms with E-state index in [1.165, 1.54) is 45.2 Å². The fourth-order valence-electron chi connectivity index (χ4n) is 4.20. The van der Waals surface area contributed by atoms with E-state index in [-0.39, 0.29) is 24.9 Å². The van der Waals surface area contributed by atoms with Gasteiger partial charge in [0.1, 0.15) is 0 Å². The number of nitrogen functional groups attached to an aromatic ring is 1. The average molecular weight is 408 g/mol. The Morgan fingerprint density at radius 2 is 1.97 bits per heavy atom. The predicted molar refractivity (Wildman–Crippen MR) is 110 cm³/mol. The molecule has 3 heterocycles. The highest BCUT2D eigenvalue weighted by atomic mass is 16.3. The molecule has 2 fully saturated rings. The molecule has 29 heavy (non-hydrogen) atoms. The molecule has 1 aromatic rings. The molecule has 0 unspecified atom stereocenters. The first-order valence-electron chi connectivity index (χ1n) is 10.2. The summed E-state index contributed by atoms with van der Waals surface area (Å²) in [5.74, 6) is 1.88. The summed E-state index contributed by atoms with van der Waals surface area (Å²) in [4.78, 5) is 37.5. The molecule has 0 radical (unpaired) electrons. The van der Waals surface area contributed by atoms with Crippen LogP contribution < -0.4 is 16.0 Å². The van der Waals surface area contributed by atoms with Crippen LogP contribution in [0.4, 0.5) is 11.9 Å². The lowest BCUT2D eigenvalue weighted by atomic mass is 9.81. The first-order valence-corrected chi connectivity index (χ1v) is 10.2. The third kappa shape index (κ3) is 7.12. The van der Waals surface area contributed by atoms with E-state index < -0.39 is 0 Å². The maximum Gasteiger partial charge on any atom is 0.290 e. The van der Waals surface area contributed by atoms with E-state index in [9.17, 15) is 4.79 Å². The monoisotopic (exact) mass is 407 g/mol. The van der Waals surface area contributed by atoms with E-state index in [1.54, 1.807) is 4.90 Å². The Kier molecular flexibility index (Phi) is 9.04. The standard InChI is InChI=1S/C18H31N7O.CH2O2/c1-24(2)18-22-15(21-17(19)23-18)12-20-16(26)9-8-13-6-5-11-25-10-4-3-7-14(13)25;2-1-3/h13-14H,3-12H2,1-2H3,(H,20,26)(H2,19,21,22,23);1H,(H,2,3)/t13-,14+;/m0./s1. The van der Waals surface area contributed by atoms with Crippen molar-refractivity contribution in [2.75, 3.05) is 37.8 Å². The summed E-state index contributed by atoms with van der Waals surface area (Å²) in [6.07, 6.45) is 8.01. The normalized spacial score (nSPS) is 21.3. The highest BCUT2D eigenvalue weighted by Gasteiger charge is 2.32.